The van der Waals surface area contributed by atoms with Crippen LogP contribution in [0.2, 0.25) is 0 Å². The van der Waals surface area contributed by atoms with Crippen LogP contribution in [-0.2, 0) is 6.42 Å². The molecule has 24 heavy (non-hydrogen) atoms. The van der Waals surface area contributed by atoms with E-state index in [9.17, 15) is 4.79 Å². The van der Waals surface area contributed by atoms with Gasteiger partial charge in [0.05, 0.1) is 11.7 Å². The number of benzene rings is 1. The fraction of sp³-hybridized carbons (Fsp3) is 0.500. The monoisotopic (exact) mass is 325 g/mol. The maximum atomic E-state index is 13.0. The Labute approximate surface area is 141 Å². The molecule has 2 aliphatic rings. The molecule has 126 valence electrons. The Hall–Kier alpha value is -2.21. The molecular weight excluding hydrogens is 302 g/mol. The number of aryl methyl sites for hydroxylation is 1. The van der Waals surface area contributed by atoms with Crippen molar-refractivity contribution in [1.29, 1.82) is 0 Å². The lowest BCUT2D eigenvalue weighted by Gasteiger charge is -2.23. The fourth-order valence-corrected chi connectivity index (χ4v) is 3.76. The summed E-state index contributed by atoms with van der Waals surface area (Å²) in [6, 6.07) is 6.66. The number of rotatable bonds is 2. The standard InChI is InChI=1S/C18H23N5O/c1-12-3-4-14-7-10-22(16(14)11-12)18(24)17-13(2)23(21-20-17)15-5-8-19-9-6-15/h3-4,11,15,19H,5-10H2,1-2H3. The highest BCUT2D eigenvalue weighted by Gasteiger charge is 2.30. The smallest absolute Gasteiger partial charge is 0.280 e. The third-order valence-electron chi connectivity index (χ3n) is 5.17. The van der Waals surface area contributed by atoms with Crippen molar-refractivity contribution >= 4 is 11.6 Å². The van der Waals surface area contributed by atoms with Crippen LogP contribution in [0, 0.1) is 13.8 Å². The second-order valence-corrected chi connectivity index (χ2v) is 6.79. The zero-order valence-corrected chi connectivity index (χ0v) is 14.2. The summed E-state index contributed by atoms with van der Waals surface area (Å²) in [4.78, 5) is 14.9. The molecular formula is C18H23N5O. The van der Waals surface area contributed by atoms with Crippen molar-refractivity contribution in [2.75, 3.05) is 24.5 Å². The van der Waals surface area contributed by atoms with Gasteiger partial charge in [-0.2, -0.15) is 0 Å². The van der Waals surface area contributed by atoms with Crippen molar-refractivity contribution in [2.45, 2.75) is 39.2 Å². The molecule has 1 aromatic heterocycles. The molecule has 1 amide bonds. The molecule has 4 rings (SSSR count). The van der Waals surface area contributed by atoms with Crippen LogP contribution in [0.15, 0.2) is 18.2 Å². The van der Waals surface area contributed by atoms with E-state index in [1.54, 1.807) is 0 Å². The van der Waals surface area contributed by atoms with E-state index in [4.69, 9.17) is 0 Å². The molecule has 2 aromatic rings. The molecule has 2 aliphatic heterocycles. The van der Waals surface area contributed by atoms with Gasteiger partial charge < -0.3 is 10.2 Å². The number of aromatic nitrogens is 3. The largest absolute Gasteiger partial charge is 0.317 e. The van der Waals surface area contributed by atoms with Crippen LogP contribution >= 0.6 is 0 Å². The Morgan fingerprint density at radius 1 is 1.25 bits per heavy atom. The summed E-state index contributed by atoms with van der Waals surface area (Å²) in [5, 5.41) is 11.9. The molecule has 1 fully saturated rings. The van der Waals surface area contributed by atoms with Crippen LogP contribution < -0.4 is 10.2 Å². The van der Waals surface area contributed by atoms with E-state index < -0.39 is 0 Å². The number of nitrogens with zero attached hydrogens (tertiary/aromatic N) is 4. The van der Waals surface area contributed by atoms with Gasteiger partial charge in [-0.3, -0.25) is 4.79 Å². The molecule has 6 heteroatoms. The predicted octanol–water partition coefficient (Wildman–Crippen LogP) is 2.02. The SMILES string of the molecule is Cc1ccc2c(c1)N(C(=O)c1nnn(C3CCNCC3)c1C)CC2. The minimum absolute atomic E-state index is 0.0305. The van der Waals surface area contributed by atoms with Gasteiger partial charge in [-0.05, 0) is 63.4 Å². The van der Waals surface area contributed by atoms with Crippen molar-refractivity contribution in [3.63, 3.8) is 0 Å². The lowest BCUT2D eigenvalue weighted by Crippen LogP contribution is -2.31. The van der Waals surface area contributed by atoms with E-state index in [0.717, 1.165) is 50.3 Å². The molecule has 0 atom stereocenters. The van der Waals surface area contributed by atoms with E-state index in [0.29, 0.717) is 11.7 Å². The molecule has 3 heterocycles. The highest BCUT2D eigenvalue weighted by Crippen LogP contribution is 2.30. The maximum absolute atomic E-state index is 13.0. The summed E-state index contributed by atoms with van der Waals surface area (Å²) in [5.41, 5.74) is 4.80. The molecule has 0 saturated carbocycles. The van der Waals surface area contributed by atoms with E-state index >= 15 is 0 Å². The van der Waals surface area contributed by atoms with Gasteiger partial charge in [0.15, 0.2) is 5.69 Å². The molecule has 0 radical (unpaired) electrons. The number of carbonyl (C=O) groups is 1. The van der Waals surface area contributed by atoms with Crippen LogP contribution in [-0.4, -0.2) is 40.5 Å². The summed E-state index contributed by atoms with van der Waals surface area (Å²) in [6.45, 7) is 6.72. The second kappa shape index (κ2) is 6.02. The van der Waals surface area contributed by atoms with Gasteiger partial charge in [-0.25, -0.2) is 4.68 Å². The number of amides is 1. The van der Waals surface area contributed by atoms with Crippen molar-refractivity contribution in [3.05, 3.63) is 40.7 Å². The Balaban J connectivity index is 1.62. The fourth-order valence-electron chi connectivity index (χ4n) is 3.76. The molecule has 6 nitrogen and oxygen atoms in total. The van der Waals surface area contributed by atoms with Crippen molar-refractivity contribution < 1.29 is 4.79 Å². The summed E-state index contributed by atoms with van der Waals surface area (Å²) in [6.07, 6.45) is 2.97. The first-order valence-corrected chi connectivity index (χ1v) is 8.69. The van der Waals surface area contributed by atoms with Gasteiger partial charge in [0, 0.05) is 12.2 Å². The van der Waals surface area contributed by atoms with Gasteiger partial charge in [0.2, 0.25) is 0 Å². The highest BCUT2D eigenvalue weighted by atomic mass is 16.2. The predicted molar refractivity (Wildman–Crippen MR) is 92.5 cm³/mol. The van der Waals surface area contributed by atoms with E-state index in [1.807, 2.05) is 16.5 Å². The first kappa shape index (κ1) is 15.3. The number of nitrogens with one attached hydrogen (secondary N) is 1. The minimum Gasteiger partial charge on any atom is -0.317 e. The third-order valence-corrected chi connectivity index (χ3v) is 5.17. The maximum Gasteiger partial charge on any atom is 0.280 e. The van der Waals surface area contributed by atoms with Gasteiger partial charge in [-0.1, -0.05) is 17.3 Å². The van der Waals surface area contributed by atoms with Crippen LogP contribution in [0.1, 0.15) is 46.2 Å². The molecule has 0 unspecified atom stereocenters. The molecule has 0 spiro atoms. The van der Waals surface area contributed by atoms with Gasteiger partial charge in [-0.15, -0.1) is 5.10 Å². The van der Waals surface area contributed by atoms with E-state index in [-0.39, 0.29) is 5.91 Å². The zero-order valence-electron chi connectivity index (χ0n) is 14.2. The highest BCUT2D eigenvalue weighted by molar-refractivity contribution is 6.06. The average Bonchev–Trinajstić information content (AvgIpc) is 3.18. The second-order valence-electron chi connectivity index (χ2n) is 6.79. The quantitative estimate of drug-likeness (QED) is 0.917. The number of piperidine rings is 1. The molecule has 0 aliphatic carbocycles. The van der Waals surface area contributed by atoms with Crippen LogP contribution in [0.4, 0.5) is 5.69 Å². The summed E-state index contributed by atoms with van der Waals surface area (Å²) in [7, 11) is 0. The van der Waals surface area contributed by atoms with E-state index in [2.05, 4.69) is 40.8 Å². The van der Waals surface area contributed by atoms with E-state index in [1.165, 1.54) is 11.1 Å². The number of hydrogen-bond acceptors (Lipinski definition) is 4. The Bertz CT molecular complexity index is 776. The zero-order chi connectivity index (χ0) is 16.7. The molecule has 1 aromatic carbocycles. The normalized spacial score (nSPS) is 18.0. The van der Waals surface area contributed by atoms with Crippen molar-refractivity contribution in [1.82, 2.24) is 20.3 Å². The number of carbonyl (C=O) groups excluding carboxylic acids is 1. The number of hydrogen-bond donors (Lipinski definition) is 1. The number of anilines is 1. The van der Waals surface area contributed by atoms with Crippen molar-refractivity contribution in [2.24, 2.45) is 0 Å². The first-order chi connectivity index (χ1) is 11.6. The molecule has 1 N–H and O–H groups in total. The topological polar surface area (TPSA) is 63.1 Å². The Morgan fingerprint density at radius 2 is 2.04 bits per heavy atom. The summed E-state index contributed by atoms with van der Waals surface area (Å²) >= 11 is 0. The summed E-state index contributed by atoms with van der Waals surface area (Å²) in [5.74, 6) is -0.0305. The summed E-state index contributed by atoms with van der Waals surface area (Å²) < 4.78 is 1.95. The Morgan fingerprint density at radius 3 is 2.83 bits per heavy atom. The lowest BCUT2D eigenvalue weighted by molar-refractivity contribution is 0.0984. The van der Waals surface area contributed by atoms with Crippen molar-refractivity contribution in [3.8, 4) is 0 Å². The van der Waals surface area contributed by atoms with Gasteiger partial charge >= 0.3 is 0 Å². The average molecular weight is 325 g/mol. The van der Waals surface area contributed by atoms with Crippen LogP contribution in [0.25, 0.3) is 0 Å². The van der Waals surface area contributed by atoms with Crippen LogP contribution in [0.3, 0.4) is 0 Å². The third kappa shape index (κ3) is 2.51. The minimum atomic E-state index is -0.0305. The van der Waals surface area contributed by atoms with Gasteiger partial charge in [0.1, 0.15) is 0 Å². The Kier molecular flexibility index (Phi) is 3.84. The first-order valence-electron chi connectivity index (χ1n) is 8.69. The molecule has 0 bridgehead atoms. The van der Waals surface area contributed by atoms with Crippen LogP contribution in [0.5, 0.6) is 0 Å². The molecule has 1 saturated heterocycles. The lowest BCUT2D eigenvalue weighted by atomic mass is 10.1. The number of fused-ring (bicyclic) bond motifs is 1. The van der Waals surface area contributed by atoms with Gasteiger partial charge in [0.25, 0.3) is 5.91 Å².